The highest BCUT2D eigenvalue weighted by atomic mass is 35.5. The highest BCUT2D eigenvalue weighted by Gasteiger charge is 2.51. The van der Waals surface area contributed by atoms with E-state index in [0.29, 0.717) is 40.1 Å². The van der Waals surface area contributed by atoms with E-state index >= 15 is 0 Å². The van der Waals surface area contributed by atoms with Crippen molar-refractivity contribution in [3.63, 3.8) is 0 Å². The smallest absolute Gasteiger partial charge is 0.399 e. The minimum atomic E-state index is -0.377. The second-order valence-corrected chi connectivity index (χ2v) is 31.8. The van der Waals surface area contributed by atoms with Crippen molar-refractivity contribution in [2.75, 3.05) is 0 Å². The Morgan fingerprint density at radius 2 is 0.543 bits per heavy atom. The van der Waals surface area contributed by atoms with E-state index in [1.807, 2.05) is 115 Å². The van der Waals surface area contributed by atoms with Gasteiger partial charge in [0, 0.05) is 82.3 Å². The number of benzene rings is 12. The maximum Gasteiger partial charge on any atom is 0.494 e. The molecular weight excluding hydrogens is 1480 g/mol. The molecule has 21 rings (SSSR count). The van der Waals surface area contributed by atoms with Crippen molar-refractivity contribution < 1.29 is 9.31 Å². The monoisotopic (exact) mass is 1550 g/mol. The number of hydrogen-bond acceptors (Lipinski definition) is 14. The van der Waals surface area contributed by atoms with Crippen LogP contribution < -0.4 is 5.46 Å². The van der Waals surface area contributed by atoms with Gasteiger partial charge in [0.1, 0.15) is 5.15 Å². The van der Waals surface area contributed by atoms with Gasteiger partial charge in [-0.2, -0.15) is 0 Å². The number of hydrogen-bond donors (Lipinski definition) is 0. The van der Waals surface area contributed by atoms with E-state index in [0.717, 1.165) is 120 Å². The molecule has 0 N–H and O–H groups in total. The van der Waals surface area contributed by atoms with Gasteiger partial charge in [-0.25, -0.2) is 39.9 Å². The Morgan fingerprint density at radius 1 is 0.267 bits per heavy atom. The predicted molar refractivity (Wildman–Crippen MR) is 479 cm³/mol. The summed E-state index contributed by atoms with van der Waals surface area (Å²) in [6.45, 7) is 8.29. The minimum absolute atomic E-state index is 0.368. The Labute approximate surface area is 683 Å². The molecule has 12 aromatic carbocycles. The van der Waals surface area contributed by atoms with E-state index in [1.165, 1.54) is 36.7 Å². The fraction of sp³-hybridized carbons (Fsp3) is 0.0600. The summed E-state index contributed by atoms with van der Waals surface area (Å²) in [7, 11) is -0.377. The lowest BCUT2D eigenvalue weighted by Gasteiger charge is -2.32. The van der Waals surface area contributed by atoms with E-state index < -0.39 is 0 Å². The van der Waals surface area contributed by atoms with Gasteiger partial charge in [-0.3, -0.25) is 9.97 Å². The Morgan fingerprint density at radius 3 is 0.914 bits per heavy atom. The minimum Gasteiger partial charge on any atom is -0.399 e. The number of rotatable bonds is 12. The van der Waals surface area contributed by atoms with Crippen molar-refractivity contribution in [1.29, 1.82) is 0 Å². The quantitative estimate of drug-likeness (QED) is 0.0847. The Bertz CT molecular complexity index is 6980. The summed E-state index contributed by atoms with van der Waals surface area (Å²) < 4.78 is 17.1. The molecule has 0 aliphatic carbocycles. The van der Waals surface area contributed by atoms with Gasteiger partial charge < -0.3 is 9.31 Å². The molecule has 0 amide bonds. The van der Waals surface area contributed by atoms with Crippen molar-refractivity contribution in [1.82, 2.24) is 49.8 Å². The lowest BCUT2D eigenvalue weighted by atomic mass is 9.78. The normalized spacial score (nSPS) is 12.9. The van der Waals surface area contributed by atoms with Gasteiger partial charge in [0.25, 0.3) is 0 Å². The number of pyridine rings is 4. The van der Waals surface area contributed by atoms with Crippen LogP contribution in [0, 0.1) is 0 Å². The molecule has 9 heterocycles. The molecule has 0 atom stereocenters. The largest absolute Gasteiger partial charge is 0.494 e. The molecule has 0 radical (unpaired) electrons. The van der Waals surface area contributed by atoms with E-state index in [9.17, 15) is 0 Å². The van der Waals surface area contributed by atoms with Gasteiger partial charge >= 0.3 is 7.12 Å². The molecule has 16 heteroatoms. The molecule has 554 valence electrons. The summed E-state index contributed by atoms with van der Waals surface area (Å²) in [6, 6.07) is 116. The summed E-state index contributed by atoms with van der Waals surface area (Å²) in [5, 5.41) is 5.27. The van der Waals surface area contributed by atoms with Crippen LogP contribution in [0.25, 0.3) is 187 Å². The topological polar surface area (TPSA) is 147 Å². The van der Waals surface area contributed by atoms with Gasteiger partial charge in [-0.05, 0) is 114 Å². The third-order valence-electron chi connectivity index (χ3n) is 21.5. The molecule has 1 saturated heterocycles. The van der Waals surface area contributed by atoms with Crippen LogP contribution in [-0.2, 0) is 9.31 Å². The molecule has 12 nitrogen and oxygen atoms in total. The second kappa shape index (κ2) is 31.1. The Balaban J connectivity index is 0.000000128. The zero-order valence-corrected chi connectivity index (χ0v) is 65.9. The molecule has 116 heavy (non-hydrogen) atoms. The molecule has 1 fully saturated rings. The summed E-state index contributed by atoms with van der Waals surface area (Å²) in [5.74, 6) is 3.83. The van der Waals surface area contributed by atoms with Crippen LogP contribution in [0.5, 0.6) is 0 Å². The molecule has 1 aliphatic rings. The Hall–Kier alpha value is -13.5. The third kappa shape index (κ3) is 14.5. The van der Waals surface area contributed by atoms with Gasteiger partial charge in [0.15, 0.2) is 34.9 Å². The summed E-state index contributed by atoms with van der Waals surface area (Å²) in [6.07, 6.45) is 3.64. The van der Waals surface area contributed by atoms with Crippen molar-refractivity contribution >= 4 is 109 Å². The average Bonchev–Trinajstić information content (AvgIpc) is 1.58. The zero-order chi connectivity index (χ0) is 78.3. The summed E-state index contributed by atoms with van der Waals surface area (Å²) >= 11 is 9.73. The third-order valence-corrected chi connectivity index (χ3v) is 24.2. The van der Waals surface area contributed by atoms with Gasteiger partial charge in [-0.1, -0.05) is 315 Å². The van der Waals surface area contributed by atoms with Crippen LogP contribution >= 0.6 is 34.3 Å². The SMILES string of the molecule is CC1(C)OB(c2ccc(-c3ccc(-c4nc(-c5ccccc5)nc(-c5ccc(-c6ccccc6)cc5)n4)cc3)cc2)OC1(C)C.Clc1nc2cccnc2c2c1sc1ccccc12.c1ccc(-c2ccc(-c3nc(-c4ccccc4)nc(-c4ccc(-c5ccc(-c6nc7cccnc7c7c6sc6ccccc67)cc5)cc4)n3)cc2)cc1. The van der Waals surface area contributed by atoms with Crippen LogP contribution in [-0.4, -0.2) is 68.2 Å². The standard InChI is InChI=1S/C47H29N5S.C39H34BN3O2.C14H7ClN2S/c1-3-10-30(11-4-1)31-19-25-36(26-20-31)46-50-45(35-12-5-2-6-13-35)51-47(52-46)37-27-21-33(22-28-37)32-17-23-34(24-18-32)42-44-41(38-14-7-8-16-40(38)53-44)43-39(49-42)15-9-29-48-43;1-38(2)39(3,4)45-40(44-38)34-25-23-30(24-26-34)29-17-21-33(22-18-29)37-42-35(31-13-9-6-10-14-31)41-36(43-37)32-19-15-28(16-20-32)27-11-7-5-8-12-27;15-14-13-11(8-4-1-2-6-10(8)18-13)12-9(17-14)5-3-7-16-12/h1-29H;5-26H,1-4H3;1-7H. The first kappa shape index (κ1) is 72.7. The molecule has 0 bridgehead atoms. The second-order valence-electron chi connectivity index (χ2n) is 29.4. The van der Waals surface area contributed by atoms with Crippen molar-refractivity contribution in [2.45, 2.75) is 38.9 Å². The van der Waals surface area contributed by atoms with E-state index in [-0.39, 0.29) is 18.3 Å². The fourth-order valence-corrected chi connectivity index (χ4v) is 17.2. The lowest BCUT2D eigenvalue weighted by molar-refractivity contribution is 0.00578. The zero-order valence-electron chi connectivity index (χ0n) is 63.5. The van der Waals surface area contributed by atoms with Gasteiger partial charge in [0.2, 0.25) is 0 Å². The summed E-state index contributed by atoms with van der Waals surface area (Å²) in [5.41, 5.74) is 20.7. The molecule has 0 spiro atoms. The number of halogens is 1. The van der Waals surface area contributed by atoms with E-state index in [2.05, 4.69) is 268 Å². The van der Waals surface area contributed by atoms with Crippen LogP contribution in [0.1, 0.15) is 27.7 Å². The maximum atomic E-state index is 6.28. The van der Waals surface area contributed by atoms with E-state index in [1.54, 1.807) is 28.9 Å². The first-order valence-electron chi connectivity index (χ1n) is 38.4. The first-order chi connectivity index (χ1) is 56.8. The fourth-order valence-electron chi connectivity index (χ4n) is 14.6. The highest BCUT2D eigenvalue weighted by Crippen LogP contribution is 2.45. The molecule has 20 aromatic rings. The first-order valence-corrected chi connectivity index (χ1v) is 40.4. The van der Waals surface area contributed by atoms with Crippen LogP contribution in [0.15, 0.2) is 352 Å². The van der Waals surface area contributed by atoms with Crippen LogP contribution in [0.4, 0.5) is 0 Å². The van der Waals surface area contributed by atoms with Crippen LogP contribution in [0.3, 0.4) is 0 Å². The van der Waals surface area contributed by atoms with Crippen LogP contribution in [0.2, 0.25) is 5.15 Å². The summed E-state index contributed by atoms with van der Waals surface area (Å²) in [4.78, 5) is 48.3. The maximum absolute atomic E-state index is 6.28. The number of thiophene rings is 2. The average molecular weight is 1550 g/mol. The van der Waals surface area contributed by atoms with Gasteiger partial charge in [-0.15, -0.1) is 22.7 Å². The molecular formula is C100H70BClN10O2S2. The lowest BCUT2D eigenvalue weighted by Crippen LogP contribution is -2.41. The molecule has 0 unspecified atom stereocenters. The number of fused-ring (bicyclic) bond motifs is 10. The van der Waals surface area contributed by atoms with Crippen molar-refractivity contribution in [2.24, 2.45) is 0 Å². The predicted octanol–water partition coefficient (Wildman–Crippen LogP) is 25.3. The van der Waals surface area contributed by atoms with Crippen molar-refractivity contribution in [3.8, 4) is 124 Å². The highest BCUT2D eigenvalue weighted by molar-refractivity contribution is 7.27. The molecule has 0 saturated carbocycles. The molecule has 8 aromatic heterocycles. The van der Waals surface area contributed by atoms with Gasteiger partial charge in [0.05, 0.1) is 48.4 Å². The van der Waals surface area contributed by atoms with E-state index in [4.69, 9.17) is 60.8 Å². The number of nitrogens with zero attached hydrogens (tertiary/aromatic N) is 10. The number of aromatic nitrogens is 10. The Kier molecular flexibility index (Phi) is 19.5. The van der Waals surface area contributed by atoms with Crippen molar-refractivity contribution in [3.05, 3.63) is 357 Å². The molecule has 1 aliphatic heterocycles.